The van der Waals surface area contributed by atoms with Crippen molar-refractivity contribution in [3.05, 3.63) is 62.5 Å². The van der Waals surface area contributed by atoms with Gasteiger partial charge in [-0.25, -0.2) is 0 Å². The Morgan fingerprint density at radius 1 is 1.05 bits per heavy atom. The molecule has 19 heavy (non-hydrogen) atoms. The fourth-order valence-corrected chi connectivity index (χ4v) is 2.62. The molecule has 0 heterocycles. The summed E-state index contributed by atoms with van der Waals surface area (Å²) >= 11 is 6.94. The first-order chi connectivity index (χ1) is 9.11. The molecule has 1 atom stereocenters. The topological polar surface area (TPSA) is 35.2 Å². The van der Waals surface area contributed by atoms with Crippen molar-refractivity contribution in [1.29, 1.82) is 0 Å². The predicted octanol–water partition coefficient (Wildman–Crippen LogP) is 4.66. The van der Waals surface area contributed by atoms with Gasteiger partial charge in [0.1, 0.15) is 5.75 Å². The molecule has 100 valence electrons. The second-order valence-electron chi connectivity index (χ2n) is 4.15. The number of nitrogens with two attached hydrogens (primary N) is 1. The number of benzene rings is 2. The van der Waals surface area contributed by atoms with Gasteiger partial charge in [0, 0.05) is 4.47 Å². The lowest BCUT2D eigenvalue weighted by atomic mass is 10.00. The second-order valence-corrected chi connectivity index (χ2v) is 5.92. The van der Waals surface area contributed by atoms with Gasteiger partial charge in [0.15, 0.2) is 0 Å². The van der Waals surface area contributed by atoms with Crippen LogP contribution in [0.15, 0.2) is 51.4 Å². The Labute approximate surface area is 130 Å². The monoisotopic (exact) mass is 383 g/mol. The number of rotatable bonds is 4. The van der Waals surface area contributed by atoms with E-state index in [1.54, 1.807) is 0 Å². The van der Waals surface area contributed by atoms with Crippen LogP contribution in [0.5, 0.6) is 5.75 Å². The van der Waals surface area contributed by atoms with Gasteiger partial charge in [0.2, 0.25) is 0 Å². The first kappa shape index (κ1) is 14.6. The lowest BCUT2D eigenvalue weighted by Crippen LogP contribution is -2.11. The van der Waals surface area contributed by atoms with Crippen molar-refractivity contribution in [2.45, 2.75) is 13.0 Å². The van der Waals surface area contributed by atoms with Crippen LogP contribution in [0, 0.1) is 0 Å². The quantitative estimate of drug-likeness (QED) is 0.831. The van der Waals surface area contributed by atoms with Crippen LogP contribution in [0.2, 0.25) is 0 Å². The maximum absolute atomic E-state index is 6.28. The normalized spacial score (nSPS) is 12.2. The zero-order valence-corrected chi connectivity index (χ0v) is 13.7. The largest absolute Gasteiger partial charge is 0.493 e. The summed E-state index contributed by atoms with van der Waals surface area (Å²) in [5, 5.41) is 0. The van der Waals surface area contributed by atoms with E-state index in [4.69, 9.17) is 10.5 Å². The molecule has 0 bridgehead atoms. The molecular weight excluding hydrogens is 370 g/mol. The first-order valence-corrected chi connectivity index (χ1v) is 7.63. The van der Waals surface area contributed by atoms with Gasteiger partial charge in [-0.3, -0.25) is 0 Å². The Morgan fingerprint density at radius 3 is 2.26 bits per heavy atom. The van der Waals surface area contributed by atoms with Crippen LogP contribution in [-0.2, 0) is 0 Å². The molecule has 2 N–H and O–H groups in total. The standard InChI is InChI=1S/C15H15Br2NO/c1-2-19-14-8-5-11(9-13(14)17)15(18)10-3-6-12(16)7-4-10/h3-9,15H,2,18H2,1H3. The Balaban J connectivity index is 2.26. The molecule has 2 aromatic rings. The van der Waals surface area contributed by atoms with Gasteiger partial charge in [0.25, 0.3) is 0 Å². The van der Waals surface area contributed by atoms with Crippen LogP contribution in [0.25, 0.3) is 0 Å². The summed E-state index contributed by atoms with van der Waals surface area (Å²) < 4.78 is 7.48. The summed E-state index contributed by atoms with van der Waals surface area (Å²) in [5.41, 5.74) is 8.42. The third-order valence-electron chi connectivity index (χ3n) is 2.84. The summed E-state index contributed by atoms with van der Waals surface area (Å²) in [5.74, 6) is 0.842. The fourth-order valence-electron chi connectivity index (χ4n) is 1.85. The molecule has 0 spiro atoms. The van der Waals surface area contributed by atoms with Crippen LogP contribution >= 0.6 is 31.9 Å². The summed E-state index contributed by atoms with van der Waals surface area (Å²) in [4.78, 5) is 0. The molecule has 2 aromatic carbocycles. The molecule has 0 amide bonds. The first-order valence-electron chi connectivity index (χ1n) is 6.05. The van der Waals surface area contributed by atoms with Gasteiger partial charge < -0.3 is 10.5 Å². The van der Waals surface area contributed by atoms with Gasteiger partial charge in [0.05, 0.1) is 17.1 Å². The summed E-state index contributed by atoms with van der Waals surface area (Å²) in [6, 6.07) is 13.9. The zero-order valence-electron chi connectivity index (χ0n) is 10.6. The lowest BCUT2D eigenvalue weighted by molar-refractivity contribution is 0.338. The van der Waals surface area contributed by atoms with E-state index in [0.29, 0.717) is 6.61 Å². The summed E-state index contributed by atoms with van der Waals surface area (Å²) in [7, 11) is 0. The highest BCUT2D eigenvalue weighted by Crippen LogP contribution is 2.30. The van der Waals surface area contributed by atoms with E-state index >= 15 is 0 Å². The van der Waals surface area contributed by atoms with Crippen molar-refractivity contribution < 1.29 is 4.74 Å². The molecule has 2 rings (SSSR count). The van der Waals surface area contributed by atoms with Crippen LogP contribution in [0.4, 0.5) is 0 Å². The predicted molar refractivity (Wildman–Crippen MR) is 85.5 cm³/mol. The third-order valence-corrected chi connectivity index (χ3v) is 3.99. The highest BCUT2D eigenvalue weighted by atomic mass is 79.9. The highest BCUT2D eigenvalue weighted by molar-refractivity contribution is 9.10. The van der Waals surface area contributed by atoms with E-state index in [2.05, 4.69) is 31.9 Å². The Hall–Kier alpha value is -0.840. The molecule has 0 saturated carbocycles. The Bertz CT molecular complexity index is 555. The number of hydrogen-bond donors (Lipinski definition) is 1. The maximum atomic E-state index is 6.28. The fraction of sp³-hybridized carbons (Fsp3) is 0.200. The second kappa shape index (κ2) is 6.55. The molecule has 0 aliphatic rings. The van der Waals surface area contributed by atoms with Gasteiger partial charge in [-0.2, -0.15) is 0 Å². The SMILES string of the molecule is CCOc1ccc(C(N)c2ccc(Br)cc2)cc1Br. The minimum atomic E-state index is -0.139. The van der Waals surface area contributed by atoms with E-state index in [1.165, 1.54) is 0 Å². The van der Waals surface area contributed by atoms with Crippen molar-refractivity contribution in [3.8, 4) is 5.75 Å². The Kier molecular flexibility index (Phi) is 5.02. The molecule has 0 fully saturated rings. The van der Waals surface area contributed by atoms with Crippen LogP contribution in [0.1, 0.15) is 24.1 Å². The van der Waals surface area contributed by atoms with E-state index in [9.17, 15) is 0 Å². The zero-order chi connectivity index (χ0) is 13.8. The molecule has 0 radical (unpaired) electrons. The maximum Gasteiger partial charge on any atom is 0.133 e. The minimum Gasteiger partial charge on any atom is -0.493 e. The molecule has 0 aliphatic heterocycles. The van der Waals surface area contributed by atoms with Crippen molar-refractivity contribution in [2.75, 3.05) is 6.61 Å². The van der Waals surface area contributed by atoms with Crippen LogP contribution in [0.3, 0.4) is 0 Å². The van der Waals surface area contributed by atoms with E-state index in [1.807, 2.05) is 49.4 Å². The van der Waals surface area contributed by atoms with Crippen molar-refractivity contribution >= 4 is 31.9 Å². The van der Waals surface area contributed by atoms with E-state index in [-0.39, 0.29) is 6.04 Å². The van der Waals surface area contributed by atoms with Gasteiger partial charge in [-0.15, -0.1) is 0 Å². The van der Waals surface area contributed by atoms with Crippen molar-refractivity contribution in [3.63, 3.8) is 0 Å². The lowest BCUT2D eigenvalue weighted by Gasteiger charge is -2.14. The molecule has 0 aromatic heterocycles. The summed E-state index contributed by atoms with van der Waals surface area (Å²) in [6.07, 6.45) is 0. The molecule has 1 unspecified atom stereocenters. The minimum absolute atomic E-state index is 0.139. The van der Waals surface area contributed by atoms with E-state index in [0.717, 1.165) is 25.8 Å². The number of halogens is 2. The van der Waals surface area contributed by atoms with Crippen molar-refractivity contribution in [2.24, 2.45) is 5.73 Å². The van der Waals surface area contributed by atoms with Crippen molar-refractivity contribution in [1.82, 2.24) is 0 Å². The summed E-state index contributed by atoms with van der Waals surface area (Å²) in [6.45, 7) is 2.62. The molecule has 2 nitrogen and oxygen atoms in total. The molecule has 0 aliphatic carbocycles. The van der Waals surface area contributed by atoms with Crippen LogP contribution in [-0.4, -0.2) is 6.61 Å². The average molecular weight is 385 g/mol. The molecule has 4 heteroatoms. The third kappa shape index (κ3) is 3.59. The van der Waals surface area contributed by atoms with Gasteiger partial charge >= 0.3 is 0 Å². The van der Waals surface area contributed by atoms with Gasteiger partial charge in [-0.05, 0) is 58.2 Å². The number of hydrogen-bond acceptors (Lipinski definition) is 2. The van der Waals surface area contributed by atoms with Gasteiger partial charge in [-0.1, -0.05) is 34.1 Å². The van der Waals surface area contributed by atoms with Crippen LogP contribution < -0.4 is 10.5 Å². The number of ether oxygens (including phenoxy) is 1. The smallest absolute Gasteiger partial charge is 0.133 e. The van der Waals surface area contributed by atoms with E-state index < -0.39 is 0 Å². The Morgan fingerprint density at radius 2 is 1.68 bits per heavy atom. The average Bonchev–Trinajstić information content (AvgIpc) is 2.41. The molecular formula is C15H15Br2NO. The molecule has 0 saturated heterocycles. The highest BCUT2D eigenvalue weighted by Gasteiger charge is 2.11.